The van der Waals surface area contributed by atoms with Crippen LogP contribution in [-0.2, 0) is 20.5 Å². The number of carbonyl (C=O) groups is 3. The highest BCUT2D eigenvalue weighted by Gasteiger charge is 2.53. The van der Waals surface area contributed by atoms with Crippen molar-refractivity contribution in [3.8, 4) is 10.4 Å². The predicted octanol–water partition coefficient (Wildman–Crippen LogP) is 3.69. The van der Waals surface area contributed by atoms with Gasteiger partial charge in [-0.05, 0) is 30.9 Å². The summed E-state index contributed by atoms with van der Waals surface area (Å²) < 4.78 is 43.9. The van der Waals surface area contributed by atoms with Gasteiger partial charge in [-0.2, -0.15) is 13.2 Å². The minimum absolute atomic E-state index is 0.0679. The first-order valence-electron chi connectivity index (χ1n) is 12.0. The van der Waals surface area contributed by atoms with E-state index in [2.05, 4.69) is 15.3 Å². The fourth-order valence-electron chi connectivity index (χ4n) is 5.27. The molecule has 4 atom stereocenters. The molecule has 0 radical (unpaired) electrons. The Bertz CT molecular complexity index is 1190. The number of hydrogen-bond donors (Lipinski definition) is 1. The number of thiazole rings is 1. The Labute approximate surface area is 219 Å². The number of hydrogen-bond acceptors (Lipinski definition) is 7. The molecule has 3 fully saturated rings. The van der Waals surface area contributed by atoms with E-state index in [9.17, 15) is 27.6 Å². The molecule has 0 spiro atoms. The summed E-state index contributed by atoms with van der Waals surface area (Å²) in [4.78, 5) is 48.8. The van der Waals surface area contributed by atoms with Crippen molar-refractivity contribution in [2.24, 2.45) is 5.92 Å². The van der Waals surface area contributed by atoms with Gasteiger partial charge in [-0.15, -0.1) is 22.9 Å². The Kier molecular flexibility index (Phi) is 7.25. The number of pyridine rings is 1. The summed E-state index contributed by atoms with van der Waals surface area (Å²) in [5.74, 6) is -1.23. The second kappa shape index (κ2) is 10.3. The molecular formula is C24H24ClF3N4O4S. The topological polar surface area (TPSA) is 101 Å². The van der Waals surface area contributed by atoms with E-state index in [0.29, 0.717) is 10.4 Å². The van der Waals surface area contributed by atoms with Crippen molar-refractivity contribution < 1.29 is 32.3 Å². The maximum atomic E-state index is 13.7. The molecule has 2 amide bonds. The molecule has 0 aromatic carbocycles. The number of ketones is 1. The Morgan fingerprint density at radius 1 is 1.16 bits per heavy atom. The lowest BCUT2D eigenvalue weighted by Crippen LogP contribution is -2.55. The van der Waals surface area contributed by atoms with Crippen molar-refractivity contribution in [1.82, 2.24) is 20.2 Å². The highest BCUT2D eigenvalue weighted by molar-refractivity contribution is 7.17. The van der Waals surface area contributed by atoms with Gasteiger partial charge in [0.05, 0.1) is 10.3 Å². The van der Waals surface area contributed by atoms with E-state index in [1.165, 1.54) is 17.2 Å². The standard InChI is InChI=1S/C24H24ClF3N4O4S/c25-14-10-32(19-15(33)11-36-20(14)19)23(35)18(12-4-2-1-3-5-12)31-21(34)22-30-9-16(37-22)13-6-7-17(29-8-13)24(26,27)28/h6-9,12,14,18-20H,1-5,10-11H2,(H,31,34)/t14-,18-,19+,20+/m0/s1. The van der Waals surface area contributed by atoms with E-state index in [0.717, 1.165) is 55.7 Å². The number of nitrogens with one attached hydrogen (secondary N) is 1. The van der Waals surface area contributed by atoms with Gasteiger partial charge in [-0.1, -0.05) is 19.3 Å². The Hall–Kier alpha value is -2.57. The third-order valence-corrected chi connectivity index (χ3v) is 8.55. The van der Waals surface area contributed by atoms with Crippen LogP contribution >= 0.6 is 22.9 Å². The van der Waals surface area contributed by atoms with Crippen LogP contribution in [-0.4, -0.2) is 69.2 Å². The molecule has 1 N–H and O–H groups in total. The third kappa shape index (κ3) is 5.23. The van der Waals surface area contributed by atoms with E-state index < -0.39 is 41.3 Å². The maximum absolute atomic E-state index is 13.7. The van der Waals surface area contributed by atoms with Gasteiger partial charge in [0.15, 0.2) is 10.8 Å². The zero-order chi connectivity index (χ0) is 26.3. The summed E-state index contributed by atoms with van der Waals surface area (Å²) in [6.07, 6.45) is 1.79. The van der Waals surface area contributed by atoms with Crippen LogP contribution < -0.4 is 5.32 Å². The molecule has 0 unspecified atom stereocenters. The number of Topliss-reactive ketones (excluding diaryl/α,β-unsaturated/α-hetero) is 1. The van der Waals surface area contributed by atoms with Crippen LogP contribution in [0.4, 0.5) is 13.2 Å². The minimum Gasteiger partial charge on any atom is -0.366 e. The predicted molar refractivity (Wildman–Crippen MR) is 128 cm³/mol. The average molecular weight is 557 g/mol. The number of nitrogens with zero attached hydrogens (tertiary/aromatic N) is 3. The van der Waals surface area contributed by atoms with Gasteiger partial charge in [0, 0.05) is 24.5 Å². The molecule has 2 aromatic heterocycles. The monoisotopic (exact) mass is 556 g/mol. The molecule has 2 aliphatic heterocycles. The van der Waals surface area contributed by atoms with Crippen LogP contribution in [0.15, 0.2) is 24.5 Å². The molecule has 0 bridgehead atoms. The minimum atomic E-state index is -4.55. The highest BCUT2D eigenvalue weighted by Crippen LogP contribution is 2.35. The van der Waals surface area contributed by atoms with Crippen LogP contribution in [0.2, 0.25) is 0 Å². The van der Waals surface area contributed by atoms with Gasteiger partial charge >= 0.3 is 6.18 Å². The molecule has 1 saturated carbocycles. The van der Waals surface area contributed by atoms with Gasteiger partial charge in [0.1, 0.15) is 30.5 Å². The summed E-state index contributed by atoms with van der Waals surface area (Å²) >= 11 is 7.36. The van der Waals surface area contributed by atoms with Crippen LogP contribution in [0.5, 0.6) is 0 Å². The summed E-state index contributed by atoms with van der Waals surface area (Å²) in [6, 6.07) is 0.529. The van der Waals surface area contributed by atoms with Crippen LogP contribution in [0, 0.1) is 5.92 Å². The van der Waals surface area contributed by atoms with Gasteiger partial charge in [-0.3, -0.25) is 19.4 Å². The second-order valence-electron chi connectivity index (χ2n) is 9.50. The van der Waals surface area contributed by atoms with E-state index >= 15 is 0 Å². The molecule has 3 aliphatic rings. The summed E-state index contributed by atoms with van der Waals surface area (Å²) in [6.45, 7) is 0.0619. The van der Waals surface area contributed by atoms with Crippen molar-refractivity contribution in [2.75, 3.05) is 13.2 Å². The Morgan fingerprint density at radius 3 is 2.59 bits per heavy atom. The van der Waals surface area contributed by atoms with Crippen molar-refractivity contribution in [2.45, 2.75) is 61.8 Å². The fraction of sp³-hybridized carbons (Fsp3) is 0.542. The van der Waals surface area contributed by atoms with Crippen molar-refractivity contribution in [3.63, 3.8) is 0 Å². The first kappa shape index (κ1) is 26.1. The number of fused-ring (bicyclic) bond motifs is 1. The lowest BCUT2D eigenvalue weighted by atomic mass is 9.83. The molecule has 2 aromatic rings. The maximum Gasteiger partial charge on any atom is 0.433 e. The van der Waals surface area contributed by atoms with Gasteiger partial charge in [0.2, 0.25) is 5.91 Å². The van der Waals surface area contributed by atoms with Gasteiger partial charge < -0.3 is 15.0 Å². The smallest absolute Gasteiger partial charge is 0.366 e. The molecule has 4 heterocycles. The molecule has 13 heteroatoms. The average Bonchev–Trinajstić information content (AvgIpc) is 3.60. The number of rotatable bonds is 5. The molecular weight excluding hydrogens is 533 g/mol. The van der Waals surface area contributed by atoms with Crippen molar-refractivity contribution in [3.05, 3.63) is 35.2 Å². The molecule has 198 valence electrons. The number of aromatic nitrogens is 2. The van der Waals surface area contributed by atoms with Gasteiger partial charge in [0.25, 0.3) is 5.91 Å². The summed E-state index contributed by atoms with van der Waals surface area (Å²) in [5.41, 5.74) is -0.623. The fourth-order valence-corrected chi connectivity index (χ4v) is 6.44. The van der Waals surface area contributed by atoms with Crippen molar-refractivity contribution >= 4 is 40.5 Å². The third-order valence-electron chi connectivity index (χ3n) is 7.12. The number of ether oxygens (including phenoxy) is 1. The molecule has 1 aliphatic carbocycles. The molecule has 37 heavy (non-hydrogen) atoms. The van der Waals surface area contributed by atoms with E-state index in [-0.39, 0.29) is 35.8 Å². The first-order valence-corrected chi connectivity index (χ1v) is 13.3. The largest absolute Gasteiger partial charge is 0.433 e. The first-order chi connectivity index (χ1) is 17.6. The van der Waals surface area contributed by atoms with Crippen LogP contribution in [0.1, 0.15) is 47.6 Å². The highest BCUT2D eigenvalue weighted by atomic mass is 35.5. The Morgan fingerprint density at radius 2 is 1.92 bits per heavy atom. The summed E-state index contributed by atoms with van der Waals surface area (Å²) in [7, 11) is 0. The zero-order valence-electron chi connectivity index (χ0n) is 19.5. The Balaban J connectivity index is 1.34. The normalized spacial score (nSPS) is 25.2. The second-order valence-corrected chi connectivity index (χ2v) is 11.1. The lowest BCUT2D eigenvalue weighted by molar-refractivity contribution is -0.141. The zero-order valence-corrected chi connectivity index (χ0v) is 21.1. The van der Waals surface area contributed by atoms with Crippen LogP contribution in [0.3, 0.4) is 0 Å². The number of halogens is 4. The van der Waals surface area contributed by atoms with Gasteiger partial charge in [-0.25, -0.2) is 4.98 Å². The number of amides is 2. The molecule has 8 nitrogen and oxygen atoms in total. The van der Waals surface area contributed by atoms with Crippen LogP contribution in [0.25, 0.3) is 10.4 Å². The number of alkyl halides is 4. The SMILES string of the molecule is O=C(N[C@H](C(=O)N1C[C@H](Cl)[C@H]2OCC(=O)[C@H]21)C1CCCCC1)c1ncc(-c2ccc(C(F)(F)F)nc2)s1. The molecule has 5 rings (SSSR count). The number of likely N-dealkylation sites (tertiary alicyclic amines) is 1. The lowest BCUT2D eigenvalue weighted by Gasteiger charge is -2.34. The van der Waals surface area contributed by atoms with E-state index in [1.807, 2.05) is 0 Å². The van der Waals surface area contributed by atoms with E-state index in [4.69, 9.17) is 16.3 Å². The summed E-state index contributed by atoms with van der Waals surface area (Å²) in [5, 5.41) is 2.40. The van der Waals surface area contributed by atoms with E-state index in [1.54, 1.807) is 0 Å². The van der Waals surface area contributed by atoms with Crippen molar-refractivity contribution in [1.29, 1.82) is 0 Å². The quantitative estimate of drug-likeness (QED) is 0.564. The molecule has 2 saturated heterocycles. The number of carbonyl (C=O) groups excluding carboxylic acids is 3.